The summed E-state index contributed by atoms with van der Waals surface area (Å²) in [4.78, 5) is 169. The molecule has 0 aromatic heterocycles. The highest BCUT2D eigenvalue weighted by molar-refractivity contribution is 6.25. The lowest BCUT2D eigenvalue weighted by molar-refractivity contribution is -0.220. The van der Waals surface area contributed by atoms with E-state index >= 15 is 0 Å². The zero-order valence-electron chi connectivity index (χ0n) is 30.4. The van der Waals surface area contributed by atoms with Crippen LogP contribution in [-0.2, 0) is 119 Å². The van der Waals surface area contributed by atoms with Gasteiger partial charge in [0, 0.05) is 0 Å². The van der Waals surface area contributed by atoms with Crippen molar-refractivity contribution in [2.75, 3.05) is 64.0 Å². The lowest BCUT2D eigenvalue weighted by Crippen LogP contribution is -2.65. The van der Waals surface area contributed by atoms with Gasteiger partial charge in [-0.3, -0.25) is 14.4 Å². The van der Waals surface area contributed by atoms with Gasteiger partial charge in [0.2, 0.25) is 0 Å². The van der Waals surface area contributed by atoms with Crippen molar-refractivity contribution >= 4 is 77.4 Å². The van der Waals surface area contributed by atoms with Crippen LogP contribution >= 0.6 is 0 Å². The number of rotatable bonds is 18. The third-order valence-corrected chi connectivity index (χ3v) is 6.91. The Morgan fingerprint density at radius 3 is 0.873 bits per heavy atom. The second-order valence-electron chi connectivity index (χ2n) is 9.90. The van der Waals surface area contributed by atoms with Crippen molar-refractivity contribution in [3.63, 3.8) is 0 Å². The Labute approximate surface area is 307 Å². The fourth-order valence-corrected chi connectivity index (χ4v) is 4.27. The number of carbonyl (C=O) groups is 13. The summed E-state index contributed by atoms with van der Waals surface area (Å²) in [6, 6.07) is 0. The molecule has 2 atom stereocenters. The van der Waals surface area contributed by atoms with Crippen molar-refractivity contribution in [3.05, 3.63) is 0 Å². The van der Waals surface area contributed by atoms with Gasteiger partial charge in [0.05, 0.1) is 70.4 Å². The molecule has 26 nitrogen and oxygen atoms in total. The van der Waals surface area contributed by atoms with Crippen LogP contribution in [0.5, 0.6) is 0 Å². The van der Waals surface area contributed by atoms with E-state index in [9.17, 15) is 67.4 Å². The van der Waals surface area contributed by atoms with E-state index in [2.05, 4.69) is 52.1 Å². The van der Waals surface area contributed by atoms with E-state index in [0.29, 0.717) is 70.9 Å². The second-order valence-corrected chi connectivity index (χ2v) is 9.90. The third kappa shape index (κ3) is 8.74. The molecule has 0 amide bonds. The summed E-state index contributed by atoms with van der Waals surface area (Å²) in [6.45, 7) is 0.335. The summed E-state index contributed by atoms with van der Waals surface area (Å²) < 4.78 is 52.9. The van der Waals surface area contributed by atoms with E-state index in [-0.39, 0.29) is 0 Å². The molecule has 0 spiro atoms. The lowest BCUT2D eigenvalue weighted by Gasteiger charge is -2.35. The van der Waals surface area contributed by atoms with Crippen molar-refractivity contribution in [1.29, 1.82) is 0 Å². The Morgan fingerprint density at radius 2 is 0.636 bits per heavy atom. The van der Waals surface area contributed by atoms with Gasteiger partial charge in [-0.1, -0.05) is 0 Å². The first-order valence-electron chi connectivity index (χ1n) is 14.2. The maximum absolute atomic E-state index is 14.0. The van der Waals surface area contributed by atoms with Crippen LogP contribution in [0.15, 0.2) is 0 Å². The average Bonchev–Trinajstić information content (AvgIpc) is 3.17. The van der Waals surface area contributed by atoms with Gasteiger partial charge in [0.15, 0.2) is 11.5 Å². The molecular formula is C29H34O26. The quantitative estimate of drug-likeness (QED) is 0.0768. The summed E-state index contributed by atoms with van der Waals surface area (Å²) in [5.41, 5.74) is -16.4. The number of hydrogen-bond donors (Lipinski definition) is 1. The fraction of sp³-hybridized carbons (Fsp3) is 0.552. The zero-order valence-corrected chi connectivity index (χ0v) is 30.4. The Bertz CT molecular complexity index is 1500. The molecule has 0 saturated carbocycles. The van der Waals surface area contributed by atoms with E-state index in [4.69, 9.17) is 4.74 Å². The van der Waals surface area contributed by atoms with E-state index in [1.54, 1.807) is 0 Å². The molecule has 0 aliphatic heterocycles. The molecule has 55 heavy (non-hydrogen) atoms. The molecule has 0 fully saturated rings. The van der Waals surface area contributed by atoms with Crippen molar-refractivity contribution in [2.24, 2.45) is 5.92 Å². The minimum atomic E-state index is -4.44. The third-order valence-electron chi connectivity index (χ3n) is 6.91. The molecule has 0 aromatic carbocycles. The predicted molar refractivity (Wildman–Crippen MR) is 158 cm³/mol. The van der Waals surface area contributed by atoms with Gasteiger partial charge in [-0.2, -0.15) is 0 Å². The standard InChI is InChI=1S/C29H34O26/c1-12(30)14(15(32)54-28(20(37)47-5,21(38)48-6)22(39)49-7)26(43,16(33)55-29(23(40)50-8,24(41)51-9)25(42)52-10)11-13(31)53-27(17(34)44-2,18(35)45-3)19(36)46-4/h14,43H,11H2,1-10H3. The van der Waals surface area contributed by atoms with Gasteiger partial charge in [0.25, 0.3) is 0 Å². The van der Waals surface area contributed by atoms with Gasteiger partial charge >= 0.3 is 88.4 Å². The highest BCUT2D eigenvalue weighted by atomic mass is 16.7. The first-order valence-corrected chi connectivity index (χ1v) is 14.2. The summed E-state index contributed by atoms with van der Waals surface area (Å²) in [5.74, 6) is -32.0. The van der Waals surface area contributed by atoms with Crippen LogP contribution in [0.2, 0.25) is 0 Å². The monoisotopic (exact) mass is 798 g/mol. The highest BCUT2D eigenvalue weighted by Crippen LogP contribution is 2.34. The largest absolute Gasteiger partial charge is 0.465 e. The fourth-order valence-electron chi connectivity index (χ4n) is 4.27. The number of carbonyl (C=O) groups excluding carboxylic acids is 13. The molecule has 0 heterocycles. The first kappa shape index (κ1) is 48.3. The Morgan fingerprint density at radius 1 is 0.400 bits per heavy atom. The van der Waals surface area contributed by atoms with Gasteiger partial charge < -0.3 is 61.9 Å². The number of Topliss-reactive ketones (excluding diaryl/α,β-unsaturated/α-hetero) is 1. The molecule has 2 unspecified atom stereocenters. The number of esters is 12. The van der Waals surface area contributed by atoms with Gasteiger partial charge in [-0.15, -0.1) is 0 Å². The average molecular weight is 799 g/mol. The second kappa shape index (κ2) is 19.4. The number of ether oxygens (including phenoxy) is 12. The minimum absolute atomic E-state index is 0.335. The van der Waals surface area contributed by atoms with Crippen LogP contribution in [-0.4, -0.2) is 169 Å². The molecule has 0 saturated heterocycles. The molecule has 0 radical (unpaired) electrons. The van der Waals surface area contributed by atoms with Crippen LogP contribution in [0.25, 0.3) is 0 Å². The number of methoxy groups -OCH3 is 9. The van der Waals surface area contributed by atoms with Crippen LogP contribution in [0.1, 0.15) is 13.3 Å². The topological polar surface area (TPSA) is 353 Å². The zero-order chi connectivity index (χ0) is 43.3. The minimum Gasteiger partial charge on any atom is -0.465 e. The summed E-state index contributed by atoms with van der Waals surface area (Å²) in [7, 11) is 4.77. The Kier molecular flexibility index (Phi) is 17.0. The van der Waals surface area contributed by atoms with Crippen LogP contribution in [0.4, 0.5) is 0 Å². The molecule has 0 aliphatic carbocycles. The van der Waals surface area contributed by atoms with Gasteiger partial charge in [-0.05, 0) is 6.92 Å². The van der Waals surface area contributed by atoms with Crippen molar-refractivity contribution in [1.82, 2.24) is 0 Å². The highest BCUT2D eigenvalue weighted by Gasteiger charge is 2.68. The summed E-state index contributed by atoms with van der Waals surface area (Å²) in [6.07, 6.45) is -2.36. The van der Waals surface area contributed by atoms with E-state index in [1.807, 2.05) is 0 Å². The molecule has 306 valence electrons. The van der Waals surface area contributed by atoms with Crippen molar-refractivity contribution in [2.45, 2.75) is 35.7 Å². The first-order chi connectivity index (χ1) is 25.5. The molecule has 0 rings (SSSR count). The SMILES string of the molecule is COC(=O)C(OC(=O)CC(O)(C(=O)OC(C(=O)OC)(C(=O)OC)C(=O)OC)C(C(C)=O)C(=O)OC(C(=O)OC)(C(=O)OC)C(=O)OC)(C(=O)OC)C(=O)OC. The van der Waals surface area contributed by atoms with Gasteiger partial charge in [-0.25, -0.2) is 47.9 Å². The van der Waals surface area contributed by atoms with E-state index < -0.39 is 112 Å². The normalized spacial score (nSPS) is 12.6. The summed E-state index contributed by atoms with van der Waals surface area (Å²) >= 11 is 0. The van der Waals surface area contributed by atoms with Crippen LogP contribution in [0, 0.1) is 5.92 Å². The van der Waals surface area contributed by atoms with Crippen LogP contribution < -0.4 is 0 Å². The van der Waals surface area contributed by atoms with E-state index in [1.165, 1.54) is 0 Å². The lowest BCUT2D eigenvalue weighted by atomic mass is 9.81. The van der Waals surface area contributed by atoms with E-state index in [0.717, 1.165) is 0 Å². The Hall–Kier alpha value is -6.73. The molecule has 0 bridgehead atoms. The number of ketones is 1. The molecule has 0 aliphatic rings. The Balaban J connectivity index is 8.30. The molecule has 26 heteroatoms. The van der Waals surface area contributed by atoms with Crippen molar-refractivity contribution in [3.8, 4) is 0 Å². The van der Waals surface area contributed by atoms with Gasteiger partial charge in [0.1, 0.15) is 5.78 Å². The van der Waals surface area contributed by atoms with Crippen LogP contribution in [0.3, 0.4) is 0 Å². The predicted octanol–water partition coefficient (Wildman–Crippen LogP) is -5.28. The van der Waals surface area contributed by atoms with Crippen molar-refractivity contribution < 1.29 is 124 Å². The smallest absolute Gasteiger partial charge is 0.400 e. The maximum Gasteiger partial charge on any atom is 0.400 e. The molecular weight excluding hydrogens is 764 g/mol. The maximum atomic E-state index is 14.0. The molecule has 1 N–H and O–H groups in total. The number of hydrogen-bond acceptors (Lipinski definition) is 26. The number of aliphatic hydroxyl groups is 1. The summed E-state index contributed by atoms with van der Waals surface area (Å²) in [5, 5.41) is 11.9. The molecule has 0 aromatic rings.